The topological polar surface area (TPSA) is 26.3 Å². The number of cyclic esters (lactones) is 1. The Labute approximate surface area is 73.6 Å². The third kappa shape index (κ3) is 3.07. The van der Waals surface area contributed by atoms with Gasteiger partial charge in [0.05, 0.1) is 0 Å². The molecule has 1 aliphatic rings. The van der Waals surface area contributed by atoms with Crippen molar-refractivity contribution >= 4 is 5.97 Å². The fraction of sp³-hybridized carbons (Fsp3) is 0.700. The van der Waals surface area contributed by atoms with Gasteiger partial charge in [-0.3, -0.25) is 0 Å². The molecule has 0 N–H and O–H groups in total. The highest BCUT2D eigenvalue weighted by Gasteiger charge is 2.15. The molecule has 0 aromatic rings. The number of carbonyl (C=O) groups excluding carboxylic acids is 1. The van der Waals surface area contributed by atoms with Gasteiger partial charge in [0.1, 0.15) is 6.10 Å². The monoisotopic (exact) mass is 168 g/mol. The summed E-state index contributed by atoms with van der Waals surface area (Å²) in [6, 6.07) is 0. The van der Waals surface area contributed by atoms with Gasteiger partial charge in [0.2, 0.25) is 0 Å². The quantitative estimate of drug-likeness (QED) is 0.604. The maximum absolute atomic E-state index is 10.8. The highest BCUT2D eigenvalue weighted by atomic mass is 16.5. The molecule has 1 rings (SSSR count). The molecule has 0 fully saturated rings. The van der Waals surface area contributed by atoms with E-state index in [2.05, 4.69) is 13.8 Å². The van der Waals surface area contributed by atoms with Crippen LogP contribution in [-0.4, -0.2) is 12.1 Å². The van der Waals surface area contributed by atoms with Crippen LogP contribution in [0.1, 0.15) is 33.1 Å². The maximum atomic E-state index is 10.8. The van der Waals surface area contributed by atoms with Gasteiger partial charge in [-0.05, 0) is 18.8 Å². The molecule has 1 aliphatic heterocycles. The van der Waals surface area contributed by atoms with Crippen molar-refractivity contribution in [2.24, 2.45) is 5.92 Å². The lowest BCUT2D eigenvalue weighted by Crippen LogP contribution is -2.20. The molecule has 0 saturated carbocycles. The summed E-state index contributed by atoms with van der Waals surface area (Å²) in [6.45, 7) is 4.36. The molecule has 1 atom stereocenters. The molecule has 0 spiro atoms. The van der Waals surface area contributed by atoms with Gasteiger partial charge in [-0.1, -0.05) is 19.9 Å². The van der Waals surface area contributed by atoms with Crippen LogP contribution in [0.3, 0.4) is 0 Å². The molecular weight excluding hydrogens is 152 g/mol. The van der Waals surface area contributed by atoms with Gasteiger partial charge in [-0.15, -0.1) is 0 Å². The number of rotatable bonds is 3. The lowest BCUT2D eigenvalue weighted by molar-refractivity contribution is -0.144. The molecule has 0 aromatic carbocycles. The first-order chi connectivity index (χ1) is 5.68. The Morgan fingerprint density at radius 2 is 2.42 bits per heavy atom. The Hall–Kier alpha value is -0.790. The van der Waals surface area contributed by atoms with Crippen molar-refractivity contribution in [1.82, 2.24) is 0 Å². The molecule has 0 aliphatic carbocycles. The normalized spacial score (nSPS) is 22.9. The largest absolute Gasteiger partial charge is 0.459 e. The molecule has 0 saturated heterocycles. The minimum atomic E-state index is -0.185. The van der Waals surface area contributed by atoms with Crippen LogP contribution in [0.2, 0.25) is 0 Å². The van der Waals surface area contributed by atoms with Crippen molar-refractivity contribution in [3.05, 3.63) is 12.2 Å². The molecule has 0 radical (unpaired) electrons. The van der Waals surface area contributed by atoms with Gasteiger partial charge < -0.3 is 4.74 Å². The summed E-state index contributed by atoms with van der Waals surface area (Å²) in [5.41, 5.74) is 0. The predicted molar refractivity (Wildman–Crippen MR) is 47.7 cm³/mol. The van der Waals surface area contributed by atoms with E-state index < -0.39 is 0 Å². The van der Waals surface area contributed by atoms with Crippen molar-refractivity contribution in [2.75, 3.05) is 0 Å². The minimum absolute atomic E-state index is 0.130. The number of hydrogen-bond donors (Lipinski definition) is 0. The zero-order valence-electron chi connectivity index (χ0n) is 7.75. The first-order valence-electron chi connectivity index (χ1n) is 4.55. The third-order valence-corrected chi connectivity index (χ3v) is 2.00. The molecule has 0 aromatic heterocycles. The zero-order chi connectivity index (χ0) is 8.97. The SMILES string of the molecule is CC(C)CCC1CC=CC(=O)O1. The standard InChI is InChI=1S/C10H16O2/c1-8(2)6-7-9-4-3-5-10(11)12-9/h3,5,8-9H,4,6-7H2,1-2H3. The van der Waals surface area contributed by atoms with E-state index in [-0.39, 0.29) is 12.1 Å². The smallest absolute Gasteiger partial charge is 0.330 e. The van der Waals surface area contributed by atoms with Crippen LogP contribution in [0.4, 0.5) is 0 Å². The Bertz CT molecular complexity index is 182. The maximum Gasteiger partial charge on any atom is 0.330 e. The van der Waals surface area contributed by atoms with Gasteiger partial charge in [0.25, 0.3) is 0 Å². The van der Waals surface area contributed by atoms with Crippen molar-refractivity contribution in [1.29, 1.82) is 0 Å². The highest BCUT2D eigenvalue weighted by Crippen LogP contribution is 2.15. The van der Waals surface area contributed by atoms with Crippen LogP contribution in [0, 0.1) is 5.92 Å². The predicted octanol–water partition coefficient (Wildman–Crippen LogP) is 2.29. The lowest BCUT2D eigenvalue weighted by Gasteiger charge is -2.19. The molecule has 2 nitrogen and oxygen atoms in total. The second-order valence-corrected chi connectivity index (χ2v) is 3.67. The van der Waals surface area contributed by atoms with Gasteiger partial charge in [-0.25, -0.2) is 4.79 Å². The molecular formula is C10H16O2. The van der Waals surface area contributed by atoms with Crippen LogP contribution in [0.25, 0.3) is 0 Å². The number of ether oxygens (including phenoxy) is 1. The van der Waals surface area contributed by atoms with E-state index in [1.54, 1.807) is 0 Å². The average Bonchev–Trinajstić information content (AvgIpc) is 2.01. The number of esters is 1. The molecule has 12 heavy (non-hydrogen) atoms. The van der Waals surface area contributed by atoms with Gasteiger partial charge in [0.15, 0.2) is 0 Å². The Balaban J connectivity index is 2.25. The molecule has 2 heteroatoms. The van der Waals surface area contributed by atoms with Crippen molar-refractivity contribution < 1.29 is 9.53 Å². The van der Waals surface area contributed by atoms with E-state index in [1.807, 2.05) is 6.08 Å². The van der Waals surface area contributed by atoms with Crippen LogP contribution in [0.15, 0.2) is 12.2 Å². The summed E-state index contributed by atoms with van der Waals surface area (Å²) in [5, 5.41) is 0. The Kier molecular flexibility index (Phi) is 3.32. The van der Waals surface area contributed by atoms with E-state index >= 15 is 0 Å². The molecule has 1 unspecified atom stereocenters. The van der Waals surface area contributed by atoms with Crippen LogP contribution in [0.5, 0.6) is 0 Å². The molecule has 0 bridgehead atoms. The van der Waals surface area contributed by atoms with Crippen molar-refractivity contribution in [3.8, 4) is 0 Å². The van der Waals surface area contributed by atoms with Crippen LogP contribution in [-0.2, 0) is 9.53 Å². The summed E-state index contributed by atoms with van der Waals surface area (Å²) in [7, 11) is 0. The van der Waals surface area contributed by atoms with Crippen LogP contribution >= 0.6 is 0 Å². The fourth-order valence-corrected chi connectivity index (χ4v) is 1.26. The van der Waals surface area contributed by atoms with E-state index in [0.717, 1.165) is 19.3 Å². The molecule has 1 heterocycles. The second-order valence-electron chi connectivity index (χ2n) is 3.67. The molecule has 68 valence electrons. The number of carbonyl (C=O) groups is 1. The van der Waals surface area contributed by atoms with Crippen LogP contribution < -0.4 is 0 Å². The van der Waals surface area contributed by atoms with Gasteiger partial charge in [0, 0.05) is 12.5 Å². The summed E-state index contributed by atoms with van der Waals surface area (Å²) in [4.78, 5) is 10.8. The van der Waals surface area contributed by atoms with E-state index in [1.165, 1.54) is 6.08 Å². The van der Waals surface area contributed by atoms with Gasteiger partial charge in [-0.2, -0.15) is 0 Å². The van der Waals surface area contributed by atoms with E-state index in [9.17, 15) is 4.79 Å². The Morgan fingerprint density at radius 3 is 3.00 bits per heavy atom. The van der Waals surface area contributed by atoms with E-state index in [0.29, 0.717) is 5.92 Å². The average molecular weight is 168 g/mol. The van der Waals surface area contributed by atoms with E-state index in [4.69, 9.17) is 4.74 Å². The van der Waals surface area contributed by atoms with Crippen molar-refractivity contribution in [2.45, 2.75) is 39.2 Å². The first kappa shape index (κ1) is 9.30. The first-order valence-corrected chi connectivity index (χ1v) is 4.55. The van der Waals surface area contributed by atoms with Crippen molar-refractivity contribution in [3.63, 3.8) is 0 Å². The Morgan fingerprint density at radius 1 is 1.67 bits per heavy atom. The highest BCUT2D eigenvalue weighted by molar-refractivity contribution is 5.82. The molecule has 0 amide bonds. The fourth-order valence-electron chi connectivity index (χ4n) is 1.26. The van der Waals surface area contributed by atoms with Gasteiger partial charge >= 0.3 is 5.97 Å². The minimum Gasteiger partial charge on any atom is -0.459 e. The summed E-state index contributed by atoms with van der Waals surface area (Å²) >= 11 is 0. The summed E-state index contributed by atoms with van der Waals surface area (Å²) in [6.07, 6.45) is 6.55. The zero-order valence-corrected chi connectivity index (χ0v) is 7.75. The second kappa shape index (κ2) is 4.29. The lowest BCUT2D eigenvalue weighted by atomic mass is 10.0. The number of hydrogen-bond acceptors (Lipinski definition) is 2. The summed E-state index contributed by atoms with van der Waals surface area (Å²) in [5.74, 6) is 0.504. The summed E-state index contributed by atoms with van der Waals surface area (Å²) < 4.78 is 5.11. The third-order valence-electron chi connectivity index (χ3n) is 2.00.